The molecule has 166 valence electrons. The van der Waals surface area contributed by atoms with E-state index in [9.17, 15) is 9.59 Å². The molecule has 2 aromatic rings. The summed E-state index contributed by atoms with van der Waals surface area (Å²) in [5.41, 5.74) is 3.65. The van der Waals surface area contributed by atoms with Gasteiger partial charge in [0.2, 0.25) is 11.8 Å². The predicted octanol–water partition coefficient (Wildman–Crippen LogP) is 5.49. The van der Waals surface area contributed by atoms with E-state index < -0.39 is 0 Å². The molecule has 2 aliphatic rings. The van der Waals surface area contributed by atoms with Crippen molar-refractivity contribution in [2.45, 2.75) is 77.3 Å². The zero-order valence-electron chi connectivity index (χ0n) is 18.8. The summed E-state index contributed by atoms with van der Waals surface area (Å²) < 4.78 is 0. The summed E-state index contributed by atoms with van der Waals surface area (Å²) in [6.07, 6.45) is 7.89. The average molecular weight is 439 g/mol. The van der Waals surface area contributed by atoms with Gasteiger partial charge in [-0.15, -0.1) is 11.3 Å². The van der Waals surface area contributed by atoms with Crippen LogP contribution in [0, 0.1) is 6.92 Å². The molecule has 1 fully saturated rings. The van der Waals surface area contributed by atoms with Crippen LogP contribution in [0.5, 0.6) is 0 Å². The minimum Gasteiger partial charge on any atom is -0.330 e. The molecule has 1 aromatic heterocycles. The van der Waals surface area contributed by atoms with E-state index in [2.05, 4.69) is 43.5 Å². The van der Waals surface area contributed by atoms with Crippen molar-refractivity contribution in [3.05, 3.63) is 57.3 Å². The quantitative estimate of drug-likeness (QED) is 0.486. The van der Waals surface area contributed by atoms with Crippen LogP contribution in [0.15, 0.2) is 35.7 Å². The summed E-state index contributed by atoms with van der Waals surface area (Å²) in [7, 11) is 0. The topological polar surface area (TPSA) is 40.6 Å². The number of fused-ring (bicyclic) bond motifs is 1. The first-order chi connectivity index (χ1) is 15.1. The molecule has 1 atom stereocenters. The number of rotatable bonds is 9. The molecule has 2 amide bonds. The molecule has 2 heterocycles. The number of carbonyl (C=O) groups is 2. The van der Waals surface area contributed by atoms with E-state index in [0.717, 1.165) is 32.1 Å². The first kappa shape index (κ1) is 22.1. The predicted molar refractivity (Wildman–Crippen MR) is 126 cm³/mol. The Morgan fingerprint density at radius 2 is 1.90 bits per heavy atom. The number of hydrogen-bond donors (Lipinski definition) is 0. The van der Waals surface area contributed by atoms with Gasteiger partial charge in [-0.25, -0.2) is 0 Å². The normalized spacial score (nSPS) is 18.0. The zero-order valence-corrected chi connectivity index (χ0v) is 19.6. The van der Waals surface area contributed by atoms with Crippen LogP contribution < -0.4 is 0 Å². The SMILES string of the molecule is CCCCCCC(=O)N(CC(=O)N1CCc2sccc2C1c1ccccc1C)C1CC1. The van der Waals surface area contributed by atoms with Crippen LogP contribution in [0.2, 0.25) is 0 Å². The minimum atomic E-state index is -0.0515. The summed E-state index contributed by atoms with van der Waals surface area (Å²) >= 11 is 1.79. The molecule has 4 rings (SSSR count). The Balaban J connectivity index is 1.52. The van der Waals surface area contributed by atoms with Crippen LogP contribution in [0.25, 0.3) is 0 Å². The van der Waals surface area contributed by atoms with Gasteiger partial charge < -0.3 is 9.80 Å². The lowest BCUT2D eigenvalue weighted by Gasteiger charge is -2.38. The van der Waals surface area contributed by atoms with Gasteiger partial charge in [0.25, 0.3) is 0 Å². The number of amides is 2. The highest BCUT2D eigenvalue weighted by atomic mass is 32.1. The van der Waals surface area contributed by atoms with Crippen LogP contribution in [-0.4, -0.2) is 40.7 Å². The maximum Gasteiger partial charge on any atom is 0.243 e. The van der Waals surface area contributed by atoms with Gasteiger partial charge in [0, 0.05) is 23.9 Å². The molecule has 1 saturated carbocycles. The van der Waals surface area contributed by atoms with E-state index in [0.29, 0.717) is 13.0 Å². The highest BCUT2D eigenvalue weighted by Gasteiger charge is 2.38. The highest BCUT2D eigenvalue weighted by Crippen LogP contribution is 2.39. The van der Waals surface area contributed by atoms with Crippen molar-refractivity contribution in [1.29, 1.82) is 0 Å². The Morgan fingerprint density at radius 1 is 1.10 bits per heavy atom. The van der Waals surface area contributed by atoms with Crippen molar-refractivity contribution >= 4 is 23.2 Å². The second kappa shape index (κ2) is 9.99. The zero-order chi connectivity index (χ0) is 21.8. The highest BCUT2D eigenvalue weighted by molar-refractivity contribution is 7.10. The van der Waals surface area contributed by atoms with Crippen molar-refractivity contribution in [2.75, 3.05) is 13.1 Å². The average Bonchev–Trinajstić information content (AvgIpc) is 3.50. The van der Waals surface area contributed by atoms with E-state index >= 15 is 0 Å². The van der Waals surface area contributed by atoms with Gasteiger partial charge in [0.05, 0.1) is 6.04 Å². The number of carbonyl (C=O) groups excluding carboxylic acids is 2. The largest absolute Gasteiger partial charge is 0.330 e. The Labute approximate surface area is 190 Å². The second-order valence-corrected chi connectivity index (χ2v) is 9.96. The molecule has 0 spiro atoms. The smallest absolute Gasteiger partial charge is 0.243 e. The number of aryl methyl sites for hydroxylation is 1. The minimum absolute atomic E-state index is 0.0515. The summed E-state index contributed by atoms with van der Waals surface area (Å²) in [5, 5.41) is 2.14. The fourth-order valence-corrected chi connectivity index (χ4v) is 5.61. The van der Waals surface area contributed by atoms with Crippen LogP contribution >= 0.6 is 11.3 Å². The van der Waals surface area contributed by atoms with E-state index in [1.165, 1.54) is 34.4 Å². The lowest BCUT2D eigenvalue weighted by atomic mass is 9.90. The van der Waals surface area contributed by atoms with Gasteiger partial charge in [0.1, 0.15) is 6.54 Å². The van der Waals surface area contributed by atoms with E-state index in [1.54, 1.807) is 11.3 Å². The summed E-state index contributed by atoms with van der Waals surface area (Å²) in [4.78, 5) is 31.8. The van der Waals surface area contributed by atoms with Crippen molar-refractivity contribution in [1.82, 2.24) is 9.80 Å². The number of thiophene rings is 1. The molecule has 1 aliphatic carbocycles. The van der Waals surface area contributed by atoms with Gasteiger partial charge in [-0.05, 0) is 60.7 Å². The fourth-order valence-electron chi connectivity index (χ4n) is 4.70. The molecule has 0 bridgehead atoms. The third kappa shape index (κ3) is 5.03. The Morgan fingerprint density at radius 3 is 2.65 bits per heavy atom. The molecule has 0 radical (unpaired) electrons. The monoisotopic (exact) mass is 438 g/mol. The van der Waals surface area contributed by atoms with Crippen LogP contribution in [-0.2, 0) is 16.0 Å². The Hall–Kier alpha value is -2.14. The van der Waals surface area contributed by atoms with Crippen LogP contribution in [0.1, 0.15) is 79.5 Å². The second-order valence-electron chi connectivity index (χ2n) is 8.96. The van der Waals surface area contributed by atoms with E-state index in [4.69, 9.17) is 0 Å². The lowest BCUT2D eigenvalue weighted by Crippen LogP contribution is -2.47. The lowest BCUT2D eigenvalue weighted by molar-refractivity contribution is -0.142. The third-order valence-electron chi connectivity index (χ3n) is 6.63. The number of hydrogen-bond acceptors (Lipinski definition) is 3. The molecule has 1 aromatic carbocycles. The maximum absolute atomic E-state index is 13.6. The van der Waals surface area contributed by atoms with Gasteiger partial charge in [0.15, 0.2) is 0 Å². The van der Waals surface area contributed by atoms with Gasteiger partial charge in [-0.3, -0.25) is 9.59 Å². The third-order valence-corrected chi connectivity index (χ3v) is 7.62. The molecule has 1 unspecified atom stereocenters. The van der Waals surface area contributed by atoms with E-state index in [1.807, 2.05) is 15.9 Å². The Bertz CT molecular complexity index is 918. The van der Waals surface area contributed by atoms with Crippen molar-refractivity contribution in [3.8, 4) is 0 Å². The van der Waals surface area contributed by atoms with Crippen LogP contribution in [0.3, 0.4) is 0 Å². The maximum atomic E-state index is 13.6. The summed E-state index contributed by atoms with van der Waals surface area (Å²) in [6, 6.07) is 10.8. The van der Waals surface area contributed by atoms with Crippen LogP contribution in [0.4, 0.5) is 0 Å². The van der Waals surface area contributed by atoms with Crippen molar-refractivity contribution < 1.29 is 9.59 Å². The number of benzene rings is 1. The molecule has 0 saturated heterocycles. The molecule has 5 heteroatoms. The first-order valence-electron chi connectivity index (χ1n) is 11.8. The van der Waals surface area contributed by atoms with Gasteiger partial charge in [-0.2, -0.15) is 0 Å². The molecular weight excluding hydrogens is 404 g/mol. The van der Waals surface area contributed by atoms with Crippen molar-refractivity contribution in [3.63, 3.8) is 0 Å². The molecule has 4 nitrogen and oxygen atoms in total. The van der Waals surface area contributed by atoms with Gasteiger partial charge in [-0.1, -0.05) is 50.5 Å². The fraction of sp³-hybridized carbons (Fsp3) is 0.538. The molecule has 1 aliphatic heterocycles. The number of nitrogens with zero attached hydrogens (tertiary/aromatic N) is 2. The van der Waals surface area contributed by atoms with Gasteiger partial charge >= 0.3 is 0 Å². The summed E-state index contributed by atoms with van der Waals surface area (Å²) in [5.74, 6) is 0.242. The number of unbranched alkanes of at least 4 members (excludes halogenated alkanes) is 3. The molecule has 0 N–H and O–H groups in total. The molecule has 31 heavy (non-hydrogen) atoms. The summed E-state index contributed by atoms with van der Waals surface area (Å²) in [6.45, 7) is 5.24. The molecular formula is C26H34N2O2S. The van der Waals surface area contributed by atoms with Crippen molar-refractivity contribution in [2.24, 2.45) is 0 Å². The standard InChI is InChI=1S/C26H34N2O2S/c1-3-4-5-6-11-24(29)28(20-12-13-20)18-25(30)27-16-14-23-22(15-17-31-23)26(27)21-10-8-7-9-19(21)2/h7-10,15,17,20,26H,3-6,11-14,16,18H2,1-2H3. The first-order valence-corrected chi connectivity index (χ1v) is 12.7. The van der Waals surface area contributed by atoms with E-state index in [-0.39, 0.29) is 30.4 Å². The Kier molecular flexibility index (Phi) is 7.11.